The maximum absolute atomic E-state index is 14.4. The number of amides is 1. The Hall–Kier alpha value is -4.98. The number of ether oxygens (including phenoxy) is 1. The maximum atomic E-state index is 14.4. The fourth-order valence-electron chi connectivity index (χ4n) is 5.02. The Bertz CT molecular complexity index is 1850. The summed E-state index contributed by atoms with van der Waals surface area (Å²) < 4.78 is 39.2. The Morgan fingerprint density at radius 2 is 1.52 bits per heavy atom. The first-order chi connectivity index (χ1) is 22.2. The van der Waals surface area contributed by atoms with Crippen molar-refractivity contribution in [1.82, 2.24) is 19.5 Å². The van der Waals surface area contributed by atoms with Crippen LogP contribution in [0.25, 0.3) is 11.2 Å². The highest BCUT2D eigenvalue weighted by Gasteiger charge is 2.63. The smallest absolute Gasteiger partial charge is 0.395 e. The number of phosphoric ester groups is 1. The van der Waals surface area contributed by atoms with Crippen LogP contribution in [-0.2, 0) is 18.6 Å². The van der Waals surface area contributed by atoms with E-state index in [2.05, 4.69) is 20.3 Å². The summed E-state index contributed by atoms with van der Waals surface area (Å²) in [7, 11) is -4.73. The molecule has 15 heteroatoms. The summed E-state index contributed by atoms with van der Waals surface area (Å²) in [5.74, 6) is -1.00. The molecule has 1 aliphatic rings. The fraction of sp³-hybridized carbons (Fsp3) is 0.194. The van der Waals surface area contributed by atoms with Gasteiger partial charge in [0.25, 0.3) is 5.91 Å². The molecule has 1 fully saturated rings. The van der Waals surface area contributed by atoms with Gasteiger partial charge in [0.05, 0.1) is 12.9 Å². The molecule has 3 aromatic carbocycles. The number of hydrogen-bond acceptors (Lipinski definition) is 12. The van der Waals surface area contributed by atoms with Crippen LogP contribution in [0, 0.1) is 0 Å². The van der Waals surface area contributed by atoms with Crippen molar-refractivity contribution in [2.24, 2.45) is 0 Å². The Labute approximate surface area is 262 Å². The zero-order valence-electron chi connectivity index (χ0n) is 24.2. The summed E-state index contributed by atoms with van der Waals surface area (Å²) in [5, 5.41) is 24.7. The minimum absolute atomic E-state index is 0.0686. The van der Waals surface area contributed by atoms with Gasteiger partial charge in [0.1, 0.15) is 23.9 Å². The molecule has 14 nitrogen and oxygen atoms in total. The summed E-state index contributed by atoms with van der Waals surface area (Å²) in [6.45, 7) is 0.271. The number of nitrogens with zero attached hydrogens (tertiary/aromatic N) is 4. The van der Waals surface area contributed by atoms with E-state index in [0.717, 1.165) is 6.92 Å². The molecule has 6 rings (SSSR count). The van der Waals surface area contributed by atoms with Gasteiger partial charge in [-0.2, -0.15) is 0 Å². The number of carbonyl (C=O) groups is 2. The zero-order valence-corrected chi connectivity index (χ0v) is 25.1. The molecular weight excluding hydrogens is 617 g/mol. The number of aliphatic hydroxyl groups excluding tert-OH is 1. The molecule has 3 N–H and O–H groups in total. The SMILES string of the molecule is CC(=O)[C@@]1(O)[C@@H](CO)O[C@@H](n2cnc3c(NC(=O)c4ccccc4)ncnc32)[C@@H]1OP(=O)(Oc1ccccc1)Oc1ccccc1. The van der Waals surface area contributed by atoms with E-state index < -0.39 is 50.2 Å². The molecule has 0 spiro atoms. The summed E-state index contributed by atoms with van der Waals surface area (Å²) in [4.78, 5) is 38.7. The lowest BCUT2D eigenvalue weighted by Gasteiger charge is -2.32. The van der Waals surface area contributed by atoms with E-state index in [1.165, 1.54) is 41.5 Å². The summed E-state index contributed by atoms with van der Waals surface area (Å²) in [6, 6.07) is 24.6. The minimum Gasteiger partial charge on any atom is -0.395 e. The number of anilines is 1. The summed E-state index contributed by atoms with van der Waals surface area (Å²) >= 11 is 0. The van der Waals surface area contributed by atoms with Gasteiger partial charge in [0, 0.05) is 5.56 Å². The number of fused-ring (bicyclic) bond motifs is 1. The van der Waals surface area contributed by atoms with Gasteiger partial charge in [-0.05, 0) is 43.3 Å². The molecule has 0 aliphatic carbocycles. The standard InChI is InChI=1S/C31H28N5O9P/c1-20(38)31(40)24(17-37)42-30(26(31)45-46(41,43-22-13-7-3-8-14-22)44-23-15-9-4-10-16-23)36-19-34-25-27(32-18-33-28(25)36)35-29(39)21-11-5-2-6-12-21/h2-16,18-19,24,26,30,37,40H,17H2,1H3,(H,32,33,35,39)/t24-,26+,30-,31-/m1/s1. The quantitative estimate of drug-likeness (QED) is 0.176. The van der Waals surface area contributed by atoms with Crippen LogP contribution >= 0.6 is 7.82 Å². The Balaban J connectivity index is 1.41. The molecule has 2 aromatic heterocycles. The van der Waals surface area contributed by atoms with E-state index >= 15 is 0 Å². The number of aromatic nitrogens is 4. The molecule has 0 bridgehead atoms. The molecule has 4 atom stereocenters. The predicted octanol–water partition coefficient (Wildman–Crippen LogP) is 3.94. The van der Waals surface area contributed by atoms with Crippen LogP contribution in [0.2, 0.25) is 0 Å². The second kappa shape index (κ2) is 12.8. The number of para-hydroxylation sites is 2. The molecule has 0 saturated carbocycles. The largest absolute Gasteiger partial charge is 0.588 e. The van der Waals surface area contributed by atoms with E-state index in [0.29, 0.717) is 5.56 Å². The number of Topliss-reactive ketones (excluding diaryl/α,β-unsaturated/α-hetero) is 1. The predicted molar refractivity (Wildman–Crippen MR) is 163 cm³/mol. The van der Waals surface area contributed by atoms with Crippen molar-refractivity contribution in [1.29, 1.82) is 0 Å². The number of rotatable bonds is 11. The number of imidazole rings is 1. The average Bonchev–Trinajstić information content (AvgIpc) is 3.62. The molecule has 1 saturated heterocycles. The van der Waals surface area contributed by atoms with Crippen molar-refractivity contribution in [3.63, 3.8) is 0 Å². The first-order valence-electron chi connectivity index (χ1n) is 14.0. The van der Waals surface area contributed by atoms with Crippen LogP contribution < -0.4 is 14.4 Å². The van der Waals surface area contributed by atoms with Gasteiger partial charge in [0.15, 0.2) is 40.7 Å². The van der Waals surface area contributed by atoms with Crippen LogP contribution in [0.3, 0.4) is 0 Å². The molecule has 46 heavy (non-hydrogen) atoms. The highest BCUT2D eigenvalue weighted by Crippen LogP contribution is 2.55. The topological polar surface area (TPSA) is 184 Å². The number of benzene rings is 3. The third-order valence-corrected chi connectivity index (χ3v) is 8.64. The number of carbonyl (C=O) groups excluding carboxylic acids is 2. The van der Waals surface area contributed by atoms with Crippen molar-refractivity contribution >= 4 is 36.5 Å². The monoisotopic (exact) mass is 645 g/mol. The molecule has 236 valence electrons. The van der Waals surface area contributed by atoms with Crippen molar-refractivity contribution < 1.29 is 42.7 Å². The van der Waals surface area contributed by atoms with Crippen molar-refractivity contribution in [3.05, 3.63) is 109 Å². The minimum atomic E-state index is -4.73. The normalized spacial score (nSPS) is 21.2. The summed E-state index contributed by atoms with van der Waals surface area (Å²) in [6.07, 6.45) is -2.35. The van der Waals surface area contributed by atoms with Crippen LogP contribution in [0.15, 0.2) is 104 Å². The molecule has 0 unspecified atom stereocenters. The van der Waals surface area contributed by atoms with Crippen molar-refractivity contribution in [2.75, 3.05) is 11.9 Å². The van der Waals surface area contributed by atoms with Gasteiger partial charge in [-0.15, -0.1) is 0 Å². The molecule has 1 aliphatic heterocycles. The lowest BCUT2D eigenvalue weighted by molar-refractivity contribution is -0.151. The van der Waals surface area contributed by atoms with Gasteiger partial charge in [-0.25, -0.2) is 19.5 Å². The van der Waals surface area contributed by atoms with E-state index in [1.54, 1.807) is 66.7 Å². The van der Waals surface area contributed by atoms with Crippen molar-refractivity contribution in [2.45, 2.75) is 31.0 Å². The Morgan fingerprint density at radius 1 is 0.935 bits per heavy atom. The summed E-state index contributed by atoms with van der Waals surface area (Å²) in [5.41, 5.74) is -1.92. The van der Waals surface area contributed by atoms with Crippen LogP contribution in [0.5, 0.6) is 11.5 Å². The molecule has 3 heterocycles. The first-order valence-corrected chi connectivity index (χ1v) is 15.5. The number of hydrogen-bond donors (Lipinski definition) is 3. The van der Waals surface area contributed by atoms with Crippen LogP contribution in [0.4, 0.5) is 5.82 Å². The Morgan fingerprint density at radius 3 is 2.09 bits per heavy atom. The van der Waals surface area contributed by atoms with E-state index in [1.807, 2.05) is 0 Å². The van der Waals surface area contributed by atoms with E-state index in [4.69, 9.17) is 18.3 Å². The molecular formula is C31H28N5O9P. The maximum Gasteiger partial charge on any atom is 0.588 e. The number of phosphoric acid groups is 1. The third kappa shape index (κ3) is 5.99. The van der Waals surface area contributed by atoms with Gasteiger partial charge in [-0.1, -0.05) is 54.6 Å². The van der Waals surface area contributed by atoms with Gasteiger partial charge in [-0.3, -0.25) is 18.7 Å². The highest BCUT2D eigenvalue weighted by atomic mass is 31.2. The zero-order chi connectivity index (χ0) is 32.3. The molecule has 1 amide bonds. The molecule has 5 aromatic rings. The fourth-order valence-corrected chi connectivity index (χ4v) is 6.44. The van der Waals surface area contributed by atoms with Crippen molar-refractivity contribution in [3.8, 4) is 11.5 Å². The third-order valence-electron chi connectivity index (χ3n) is 7.28. The number of ketones is 1. The first kappa shape index (κ1) is 31.0. The number of nitrogens with one attached hydrogen (secondary N) is 1. The van der Waals surface area contributed by atoms with E-state index in [9.17, 15) is 24.4 Å². The van der Waals surface area contributed by atoms with Gasteiger partial charge < -0.3 is 29.3 Å². The average molecular weight is 646 g/mol. The lowest BCUT2D eigenvalue weighted by Crippen LogP contribution is -2.55. The second-order valence-electron chi connectivity index (χ2n) is 10.2. The number of aliphatic hydroxyl groups is 2. The molecule has 0 radical (unpaired) electrons. The van der Waals surface area contributed by atoms with E-state index in [-0.39, 0.29) is 28.5 Å². The lowest BCUT2D eigenvalue weighted by atomic mass is 9.88. The Kier molecular flexibility index (Phi) is 8.63. The van der Waals surface area contributed by atoms with Gasteiger partial charge in [0.2, 0.25) is 0 Å². The second-order valence-corrected chi connectivity index (χ2v) is 11.7. The van der Waals surface area contributed by atoms with Gasteiger partial charge >= 0.3 is 7.82 Å². The van der Waals surface area contributed by atoms with Crippen LogP contribution in [-0.4, -0.2) is 65.8 Å². The van der Waals surface area contributed by atoms with Crippen LogP contribution in [0.1, 0.15) is 23.5 Å². The highest BCUT2D eigenvalue weighted by molar-refractivity contribution is 7.49.